The summed E-state index contributed by atoms with van der Waals surface area (Å²) in [5.74, 6) is 0. The van der Waals surface area contributed by atoms with Crippen molar-refractivity contribution in [1.82, 2.24) is 14.6 Å². The van der Waals surface area contributed by atoms with Crippen molar-refractivity contribution >= 4 is 21.6 Å². The van der Waals surface area contributed by atoms with Crippen LogP contribution >= 0.6 is 11.6 Å². The predicted octanol–water partition coefficient (Wildman–Crippen LogP) is 0.933. The molecule has 1 aliphatic carbocycles. The molecule has 8 heteroatoms. The molecule has 0 radical (unpaired) electrons. The minimum absolute atomic E-state index is 0.00303. The number of rotatable bonds is 4. The maximum Gasteiger partial charge on any atom is 0.266 e. The van der Waals surface area contributed by atoms with E-state index in [0.29, 0.717) is 0 Å². The van der Waals surface area contributed by atoms with E-state index in [1.54, 1.807) is 0 Å². The van der Waals surface area contributed by atoms with Gasteiger partial charge in [0.1, 0.15) is 5.02 Å². The van der Waals surface area contributed by atoms with Gasteiger partial charge in [-0.05, 0) is 44.8 Å². The predicted molar refractivity (Wildman–Crippen MR) is 80.0 cm³/mol. The van der Waals surface area contributed by atoms with Crippen LogP contribution in [0.3, 0.4) is 0 Å². The maximum absolute atomic E-state index is 12.3. The van der Waals surface area contributed by atoms with E-state index in [1.165, 1.54) is 25.1 Å². The molecule has 3 rings (SSSR count). The van der Waals surface area contributed by atoms with Crippen molar-refractivity contribution in [3.05, 3.63) is 27.6 Å². The first kappa shape index (κ1) is 15.0. The summed E-state index contributed by atoms with van der Waals surface area (Å²) in [5, 5.41) is -0.124. The average molecular weight is 332 g/mol. The number of hydrogen-bond acceptors (Lipinski definition) is 4. The van der Waals surface area contributed by atoms with E-state index in [0.717, 1.165) is 32.0 Å². The van der Waals surface area contributed by atoms with Gasteiger partial charge in [0.15, 0.2) is 0 Å². The zero-order valence-corrected chi connectivity index (χ0v) is 13.1. The molecule has 1 saturated heterocycles. The minimum Gasteiger partial charge on any atom is -0.326 e. The third-order valence-corrected chi connectivity index (χ3v) is 5.84. The van der Waals surface area contributed by atoms with Gasteiger partial charge in [-0.15, -0.1) is 0 Å². The lowest BCUT2D eigenvalue weighted by molar-refractivity contribution is 0.199. The highest BCUT2D eigenvalue weighted by Gasteiger charge is 2.33. The Kier molecular flexibility index (Phi) is 4.09. The molecule has 116 valence electrons. The number of aromatic nitrogens is 1. The molecule has 6 nitrogen and oxygen atoms in total. The SMILES string of the molecule is O=c1[nH]cc(S(=O)(=O)NC2CCN(C3CC3)CC2)cc1Cl. The van der Waals surface area contributed by atoms with Crippen LogP contribution in [0.4, 0.5) is 0 Å². The molecule has 2 N–H and O–H groups in total. The number of aromatic amines is 1. The zero-order chi connectivity index (χ0) is 15.0. The molecule has 1 aromatic heterocycles. The van der Waals surface area contributed by atoms with Gasteiger partial charge in [-0.3, -0.25) is 4.79 Å². The Balaban J connectivity index is 1.65. The van der Waals surface area contributed by atoms with Crippen LogP contribution in [-0.2, 0) is 10.0 Å². The molecule has 0 atom stereocenters. The Morgan fingerprint density at radius 2 is 1.90 bits per heavy atom. The summed E-state index contributed by atoms with van der Waals surface area (Å²) in [6.45, 7) is 1.87. The molecular formula is C13H18ClN3O3S. The van der Waals surface area contributed by atoms with Gasteiger partial charge in [0.05, 0.1) is 4.90 Å². The standard InChI is InChI=1S/C13H18ClN3O3S/c14-12-7-11(8-15-13(12)18)21(19,20)16-9-3-5-17(6-4-9)10-1-2-10/h7-10,16H,1-6H2,(H,15,18). The van der Waals surface area contributed by atoms with Crippen LogP contribution in [-0.4, -0.2) is 43.5 Å². The normalized spacial score (nSPS) is 21.6. The van der Waals surface area contributed by atoms with Crippen LogP contribution in [0.25, 0.3) is 0 Å². The number of sulfonamides is 1. The van der Waals surface area contributed by atoms with Crippen molar-refractivity contribution in [3.63, 3.8) is 0 Å². The second-order valence-corrected chi connectivity index (χ2v) is 7.80. The van der Waals surface area contributed by atoms with Crippen molar-refractivity contribution in [3.8, 4) is 0 Å². The van der Waals surface area contributed by atoms with E-state index in [1.807, 2.05) is 0 Å². The molecule has 0 amide bonds. The van der Waals surface area contributed by atoms with E-state index < -0.39 is 15.6 Å². The molecule has 0 unspecified atom stereocenters. The first-order chi connectivity index (χ1) is 9.95. The highest BCUT2D eigenvalue weighted by atomic mass is 35.5. The number of likely N-dealkylation sites (tertiary alicyclic amines) is 1. The Hall–Kier alpha value is -0.890. The Labute approximate surface area is 128 Å². The third-order valence-electron chi connectivity index (χ3n) is 4.06. The summed E-state index contributed by atoms with van der Waals surface area (Å²) >= 11 is 5.68. The summed E-state index contributed by atoms with van der Waals surface area (Å²) in [4.78, 5) is 15.9. The number of piperidine rings is 1. The average Bonchev–Trinajstić information content (AvgIpc) is 3.27. The molecule has 2 fully saturated rings. The van der Waals surface area contributed by atoms with E-state index in [9.17, 15) is 13.2 Å². The highest BCUT2D eigenvalue weighted by molar-refractivity contribution is 7.89. The van der Waals surface area contributed by atoms with Gasteiger partial charge >= 0.3 is 0 Å². The van der Waals surface area contributed by atoms with E-state index in [2.05, 4.69) is 14.6 Å². The van der Waals surface area contributed by atoms with Gasteiger partial charge in [-0.2, -0.15) is 0 Å². The van der Waals surface area contributed by atoms with Gasteiger partial charge in [0.2, 0.25) is 10.0 Å². The molecule has 0 bridgehead atoms. The van der Waals surface area contributed by atoms with Crippen LogP contribution in [0, 0.1) is 0 Å². The lowest BCUT2D eigenvalue weighted by atomic mass is 10.1. The van der Waals surface area contributed by atoms with E-state index in [4.69, 9.17) is 11.6 Å². The number of H-pyrrole nitrogens is 1. The van der Waals surface area contributed by atoms with Gasteiger partial charge in [0.25, 0.3) is 5.56 Å². The summed E-state index contributed by atoms with van der Waals surface area (Å²) < 4.78 is 27.3. The highest BCUT2D eigenvalue weighted by Crippen LogP contribution is 2.29. The van der Waals surface area contributed by atoms with Crippen LogP contribution < -0.4 is 10.3 Å². The Morgan fingerprint density at radius 3 is 2.48 bits per heavy atom. The number of halogens is 1. The van der Waals surface area contributed by atoms with Crippen LogP contribution in [0.1, 0.15) is 25.7 Å². The van der Waals surface area contributed by atoms with Crippen LogP contribution in [0.5, 0.6) is 0 Å². The zero-order valence-electron chi connectivity index (χ0n) is 11.5. The second kappa shape index (κ2) is 5.72. The van der Waals surface area contributed by atoms with Gasteiger partial charge in [-0.25, -0.2) is 13.1 Å². The summed E-state index contributed by atoms with van der Waals surface area (Å²) in [6.07, 6.45) is 5.34. The van der Waals surface area contributed by atoms with Crippen molar-refractivity contribution in [2.24, 2.45) is 0 Å². The first-order valence-corrected chi connectivity index (χ1v) is 8.96. The molecule has 1 aromatic rings. The summed E-state index contributed by atoms with van der Waals surface area (Å²) in [5.41, 5.74) is -0.492. The number of nitrogens with one attached hydrogen (secondary N) is 2. The van der Waals surface area contributed by atoms with E-state index >= 15 is 0 Å². The van der Waals surface area contributed by atoms with Crippen LogP contribution in [0.15, 0.2) is 22.0 Å². The van der Waals surface area contributed by atoms with Crippen molar-refractivity contribution in [1.29, 1.82) is 0 Å². The lowest BCUT2D eigenvalue weighted by Crippen LogP contribution is -2.45. The minimum atomic E-state index is -3.64. The molecular weight excluding hydrogens is 314 g/mol. The molecule has 2 heterocycles. The smallest absolute Gasteiger partial charge is 0.266 e. The topological polar surface area (TPSA) is 82.3 Å². The van der Waals surface area contributed by atoms with Gasteiger partial charge in [0, 0.05) is 18.3 Å². The first-order valence-electron chi connectivity index (χ1n) is 7.10. The molecule has 1 aliphatic heterocycles. The fourth-order valence-electron chi connectivity index (χ4n) is 2.70. The lowest BCUT2D eigenvalue weighted by Gasteiger charge is -2.32. The molecule has 1 saturated carbocycles. The largest absolute Gasteiger partial charge is 0.326 e. The van der Waals surface area contributed by atoms with Crippen LogP contribution in [0.2, 0.25) is 5.02 Å². The van der Waals surface area contributed by atoms with Gasteiger partial charge < -0.3 is 9.88 Å². The van der Waals surface area contributed by atoms with Gasteiger partial charge in [-0.1, -0.05) is 11.6 Å². The third kappa shape index (κ3) is 3.48. The monoisotopic (exact) mass is 331 g/mol. The summed E-state index contributed by atoms with van der Waals surface area (Å²) in [7, 11) is -3.64. The molecule has 0 aromatic carbocycles. The fraction of sp³-hybridized carbons (Fsp3) is 0.615. The van der Waals surface area contributed by atoms with Crippen molar-refractivity contribution in [2.45, 2.75) is 42.7 Å². The van der Waals surface area contributed by atoms with Crippen molar-refractivity contribution in [2.75, 3.05) is 13.1 Å². The fourth-order valence-corrected chi connectivity index (χ4v) is 4.24. The Bertz CT molecular complexity index is 676. The summed E-state index contributed by atoms with van der Waals surface area (Å²) in [6, 6.07) is 1.85. The second-order valence-electron chi connectivity index (χ2n) is 5.68. The number of nitrogens with zero attached hydrogens (tertiary/aromatic N) is 1. The Morgan fingerprint density at radius 1 is 1.24 bits per heavy atom. The molecule has 0 spiro atoms. The number of pyridine rings is 1. The van der Waals surface area contributed by atoms with E-state index in [-0.39, 0.29) is 16.0 Å². The van der Waals surface area contributed by atoms with Crippen molar-refractivity contribution < 1.29 is 8.42 Å². The quantitative estimate of drug-likeness (QED) is 0.860. The number of hydrogen-bond donors (Lipinski definition) is 2. The molecule has 21 heavy (non-hydrogen) atoms. The molecule has 2 aliphatic rings. The maximum atomic E-state index is 12.3.